The van der Waals surface area contributed by atoms with Crippen molar-refractivity contribution in [3.05, 3.63) is 29.0 Å². The van der Waals surface area contributed by atoms with E-state index in [1.54, 1.807) is 6.20 Å². The van der Waals surface area contributed by atoms with E-state index in [1.165, 1.54) is 18.3 Å². The lowest BCUT2D eigenvalue weighted by Gasteiger charge is -2.74. The third kappa shape index (κ3) is 1.97. The first kappa shape index (κ1) is 14.7. The van der Waals surface area contributed by atoms with Crippen LogP contribution in [0.25, 0.3) is 6.08 Å². The summed E-state index contributed by atoms with van der Waals surface area (Å²) in [6, 6.07) is 1.96. The highest BCUT2D eigenvalue weighted by Gasteiger charge is 2.73. The molecule has 2 N–H and O–H groups in total. The summed E-state index contributed by atoms with van der Waals surface area (Å²) in [6.45, 7) is 3.76. The normalized spacial score (nSPS) is 32.9. The first-order valence-electron chi connectivity index (χ1n) is 8.91. The van der Waals surface area contributed by atoms with Crippen LogP contribution in [-0.2, 0) is 0 Å². The second kappa shape index (κ2) is 4.31. The Labute approximate surface area is 143 Å². The third-order valence-corrected chi connectivity index (χ3v) is 6.59. The van der Waals surface area contributed by atoms with Gasteiger partial charge in [-0.05, 0) is 57.9 Å². The van der Waals surface area contributed by atoms with Crippen LogP contribution in [0.1, 0.15) is 62.0 Å². The van der Waals surface area contributed by atoms with Crippen molar-refractivity contribution >= 4 is 24.7 Å². The first-order chi connectivity index (χ1) is 11.3. The molecule has 123 valence electrons. The molecule has 1 aliphatic heterocycles. The fraction of sp³-hybridized carbons (Fsp3) is 0.579. The summed E-state index contributed by atoms with van der Waals surface area (Å²) < 4.78 is 0. The highest BCUT2D eigenvalue weighted by Crippen LogP contribution is 2.71. The third-order valence-electron chi connectivity index (χ3n) is 6.59. The number of aromatic nitrogens is 1. The highest BCUT2D eigenvalue weighted by molar-refractivity contribution is 6.65. The Bertz CT molecular complexity index is 769. The van der Waals surface area contributed by atoms with Gasteiger partial charge in [0.15, 0.2) is 7.28 Å². The Morgan fingerprint density at radius 3 is 2.71 bits per heavy atom. The Kier molecular flexibility index (Phi) is 2.64. The van der Waals surface area contributed by atoms with E-state index in [1.807, 2.05) is 19.9 Å². The molecule has 5 heteroatoms. The monoisotopic (exact) mass is 321 g/mol. The smallest absolute Gasteiger partial charge is 0.253 e. The van der Waals surface area contributed by atoms with Crippen LogP contribution in [0.3, 0.4) is 0 Å². The average molecular weight is 321 g/mol. The van der Waals surface area contributed by atoms with Crippen LogP contribution < -0.4 is 10.8 Å². The van der Waals surface area contributed by atoms with E-state index in [2.05, 4.69) is 23.7 Å². The summed E-state index contributed by atoms with van der Waals surface area (Å²) in [5.74, 6) is 0.665. The number of hydrogen-bond acceptors (Lipinski definition) is 3. The lowest BCUT2D eigenvalue weighted by Crippen LogP contribution is -2.79. The summed E-state index contributed by atoms with van der Waals surface area (Å²) in [4.78, 5) is 17.1. The zero-order chi connectivity index (χ0) is 16.7. The molecule has 6 rings (SSSR count). The molecule has 0 unspecified atom stereocenters. The van der Waals surface area contributed by atoms with Gasteiger partial charge in [-0.3, -0.25) is 9.78 Å². The van der Waals surface area contributed by atoms with Crippen molar-refractivity contribution in [2.75, 3.05) is 0 Å². The van der Waals surface area contributed by atoms with E-state index < -0.39 is 5.60 Å². The maximum atomic E-state index is 12.6. The number of carbonyl (C=O) groups excluding carboxylic acids is 1. The number of rotatable bonds is 4. The molecule has 2 bridgehead atoms. The van der Waals surface area contributed by atoms with E-state index in [-0.39, 0.29) is 16.9 Å². The summed E-state index contributed by atoms with van der Waals surface area (Å²) in [6.07, 6.45) is 9.03. The molecule has 1 amide bonds. The number of nitrogens with one attached hydrogen (secondary N) is 1. The fourth-order valence-electron chi connectivity index (χ4n) is 4.77. The minimum Gasteiger partial charge on any atom is -0.390 e. The zero-order valence-corrected chi connectivity index (χ0v) is 14.2. The van der Waals surface area contributed by atoms with Crippen molar-refractivity contribution in [3.63, 3.8) is 0 Å². The van der Waals surface area contributed by atoms with Gasteiger partial charge < -0.3 is 10.4 Å². The Balaban J connectivity index is 1.27. The van der Waals surface area contributed by atoms with Crippen LogP contribution in [0.15, 0.2) is 17.7 Å². The van der Waals surface area contributed by atoms with Gasteiger partial charge in [-0.25, -0.2) is 0 Å². The van der Waals surface area contributed by atoms with Gasteiger partial charge >= 0.3 is 0 Å². The largest absolute Gasteiger partial charge is 0.390 e. The molecule has 24 heavy (non-hydrogen) atoms. The lowest BCUT2D eigenvalue weighted by molar-refractivity contribution is -0.247. The summed E-state index contributed by atoms with van der Waals surface area (Å²) >= 11 is 0. The molecule has 0 saturated heterocycles. The van der Waals surface area contributed by atoms with Gasteiger partial charge in [0.25, 0.3) is 5.91 Å². The van der Waals surface area contributed by atoms with Gasteiger partial charge in [0.2, 0.25) is 0 Å². The van der Waals surface area contributed by atoms with Gasteiger partial charge in [-0.1, -0.05) is 17.0 Å². The summed E-state index contributed by atoms with van der Waals surface area (Å²) in [7, 11) is 2.18. The molecule has 5 aliphatic rings. The SMILES string of the molecule is CC(C)(O)C12CC(NC(=O)c3cnc4c(c3)[B]C(C3CC3)=C4)(C1)C2. The number of aliphatic hydroxyl groups is 1. The summed E-state index contributed by atoms with van der Waals surface area (Å²) in [5, 5.41) is 13.4. The zero-order valence-electron chi connectivity index (χ0n) is 14.2. The van der Waals surface area contributed by atoms with Crippen molar-refractivity contribution in [1.82, 2.24) is 10.3 Å². The Morgan fingerprint density at radius 2 is 2.08 bits per heavy atom. The number of hydrogen-bond donors (Lipinski definition) is 2. The Morgan fingerprint density at radius 1 is 1.38 bits per heavy atom. The Hall–Kier alpha value is -1.62. The predicted molar refractivity (Wildman–Crippen MR) is 93.1 cm³/mol. The number of pyridine rings is 1. The summed E-state index contributed by atoms with van der Waals surface area (Å²) in [5.41, 5.74) is 3.30. The van der Waals surface area contributed by atoms with Crippen LogP contribution in [0.2, 0.25) is 0 Å². The minimum atomic E-state index is -0.658. The molecular weight excluding hydrogens is 299 g/mol. The van der Waals surface area contributed by atoms with E-state index in [9.17, 15) is 9.90 Å². The topological polar surface area (TPSA) is 62.2 Å². The quantitative estimate of drug-likeness (QED) is 0.828. The van der Waals surface area contributed by atoms with Crippen LogP contribution in [0, 0.1) is 11.3 Å². The van der Waals surface area contributed by atoms with Crippen molar-refractivity contribution in [2.45, 2.75) is 57.1 Å². The number of nitrogens with zero attached hydrogens (tertiary/aromatic N) is 1. The van der Waals surface area contributed by atoms with Gasteiger partial charge in [-0.15, -0.1) is 0 Å². The standard InChI is InChI=1S/C19H22BN2O2/c1-17(2,24)18-8-19(9-18,10-18)22-16(23)12-5-14-15(21-7-12)6-13(20-14)11-3-4-11/h5-7,11,24H,3-4,8-10H2,1-2H3,(H,22,23). The van der Waals surface area contributed by atoms with Crippen LogP contribution in [-0.4, -0.2) is 34.4 Å². The van der Waals surface area contributed by atoms with Gasteiger partial charge in [0.1, 0.15) is 0 Å². The second-order valence-electron chi connectivity index (χ2n) is 8.87. The van der Waals surface area contributed by atoms with Crippen molar-refractivity contribution < 1.29 is 9.90 Å². The van der Waals surface area contributed by atoms with Crippen molar-refractivity contribution in [2.24, 2.45) is 11.3 Å². The van der Waals surface area contributed by atoms with E-state index >= 15 is 0 Å². The maximum absolute atomic E-state index is 12.6. The van der Waals surface area contributed by atoms with Crippen LogP contribution >= 0.6 is 0 Å². The van der Waals surface area contributed by atoms with Gasteiger partial charge in [-0.2, -0.15) is 0 Å². The van der Waals surface area contributed by atoms with Gasteiger partial charge in [0.05, 0.1) is 16.9 Å². The van der Waals surface area contributed by atoms with E-state index in [0.717, 1.165) is 30.4 Å². The number of amides is 1. The highest BCUT2D eigenvalue weighted by atomic mass is 16.3. The number of allylic oxidation sites excluding steroid dienone is 1. The molecule has 0 aromatic carbocycles. The number of fused-ring (bicyclic) bond motifs is 1. The molecule has 2 heterocycles. The van der Waals surface area contributed by atoms with E-state index in [4.69, 9.17) is 0 Å². The number of carbonyl (C=O) groups is 1. The van der Waals surface area contributed by atoms with Gasteiger partial charge in [0, 0.05) is 17.2 Å². The molecule has 0 atom stereocenters. The fourth-order valence-corrected chi connectivity index (χ4v) is 4.77. The molecule has 1 radical (unpaired) electrons. The molecule has 4 fully saturated rings. The molecule has 1 aromatic rings. The average Bonchev–Trinajstić information content (AvgIpc) is 3.18. The van der Waals surface area contributed by atoms with Crippen molar-refractivity contribution in [3.8, 4) is 0 Å². The minimum absolute atomic E-state index is 0.00727. The molecule has 4 aliphatic carbocycles. The second-order valence-corrected chi connectivity index (χ2v) is 8.87. The first-order valence-corrected chi connectivity index (χ1v) is 8.91. The lowest BCUT2D eigenvalue weighted by atomic mass is 9.35. The maximum Gasteiger partial charge on any atom is 0.253 e. The molecule has 1 aromatic heterocycles. The van der Waals surface area contributed by atoms with Crippen LogP contribution in [0.5, 0.6) is 0 Å². The molecule has 0 spiro atoms. The molecule has 4 nitrogen and oxygen atoms in total. The predicted octanol–water partition coefficient (Wildman–Crippen LogP) is 1.60. The van der Waals surface area contributed by atoms with Crippen molar-refractivity contribution in [1.29, 1.82) is 0 Å². The van der Waals surface area contributed by atoms with E-state index in [0.29, 0.717) is 11.5 Å². The van der Waals surface area contributed by atoms with Crippen LogP contribution in [0.4, 0.5) is 0 Å². The molecular formula is C19H22BN2O2. The molecule has 4 saturated carbocycles.